The molecule has 5 nitrogen and oxygen atoms in total. The van der Waals surface area contributed by atoms with Crippen LogP contribution in [-0.2, 0) is 4.79 Å². The molecule has 6 heteroatoms. The van der Waals surface area contributed by atoms with Gasteiger partial charge in [-0.3, -0.25) is 4.79 Å². The minimum atomic E-state index is -0.121. The lowest BCUT2D eigenvalue weighted by Gasteiger charge is -2.09. The van der Waals surface area contributed by atoms with E-state index >= 15 is 0 Å². The van der Waals surface area contributed by atoms with Crippen LogP contribution in [0, 0.1) is 13.8 Å². The second-order valence-electron chi connectivity index (χ2n) is 6.09. The summed E-state index contributed by atoms with van der Waals surface area (Å²) in [6.45, 7) is 4.16. The van der Waals surface area contributed by atoms with Gasteiger partial charge in [0.2, 0.25) is 5.91 Å². The number of anilines is 1. The number of nitrogens with one attached hydrogen (secondary N) is 1. The normalized spacial score (nSPS) is 10.5. The number of hydrogen-bond acceptors (Lipinski definition) is 5. The molecule has 0 fully saturated rings. The van der Waals surface area contributed by atoms with Crippen LogP contribution in [0.2, 0.25) is 0 Å². The van der Waals surface area contributed by atoms with Gasteiger partial charge in [0, 0.05) is 5.56 Å². The Balaban J connectivity index is 1.60. The van der Waals surface area contributed by atoms with Gasteiger partial charge in [-0.25, -0.2) is 0 Å². The van der Waals surface area contributed by atoms with Gasteiger partial charge in [-0.05, 0) is 55.3 Å². The predicted molar refractivity (Wildman–Crippen MR) is 109 cm³/mol. The van der Waals surface area contributed by atoms with Crippen molar-refractivity contribution in [2.75, 3.05) is 18.2 Å². The summed E-state index contributed by atoms with van der Waals surface area (Å²) in [6.07, 6.45) is 0. The van der Waals surface area contributed by atoms with Crippen molar-refractivity contribution in [1.29, 1.82) is 0 Å². The maximum absolute atomic E-state index is 12.2. The Bertz CT molecular complexity index is 942. The number of para-hydroxylation sites is 2. The van der Waals surface area contributed by atoms with Crippen molar-refractivity contribution >= 4 is 23.4 Å². The molecule has 0 aliphatic carbocycles. The van der Waals surface area contributed by atoms with Gasteiger partial charge in [-0.1, -0.05) is 36.0 Å². The van der Waals surface area contributed by atoms with Crippen molar-refractivity contribution in [3.8, 4) is 17.0 Å². The van der Waals surface area contributed by atoms with Gasteiger partial charge in [0.1, 0.15) is 10.8 Å². The van der Waals surface area contributed by atoms with Gasteiger partial charge >= 0.3 is 0 Å². The highest BCUT2D eigenvalue weighted by molar-refractivity contribution is 7.99. The van der Waals surface area contributed by atoms with Crippen molar-refractivity contribution in [1.82, 2.24) is 10.2 Å². The van der Waals surface area contributed by atoms with Crippen LogP contribution in [0.25, 0.3) is 11.3 Å². The highest BCUT2D eigenvalue weighted by Gasteiger charge is 2.09. The number of aromatic nitrogens is 2. The number of carbonyl (C=O) groups excluding carboxylic acids is 1. The molecule has 2 aromatic carbocycles. The molecule has 138 valence electrons. The summed E-state index contributed by atoms with van der Waals surface area (Å²) < 4.78 is 5.24. The Hall–Kier alpha value is -2.86. The van der Waals surface area contributed by atoms with Crippen molar-refractivity contribution in [3.05, 3.63) is 65.7 Å². The molecule has 3 aromatic rings. The van der Waals surface area contributed by atoms with Gasteiger partial charge < -0.3 is 10.1 Å². The van der Waals surface area contributed by atoms with E-state index in [0.29, 0.717) is 16.5 Å². The van der Waals surface area contributed by atoms with Crippen molar-refractivity contribution < 1.29 is 9.53 Å². The van der Waals surface area contributed by atoms with Crippen molar-refractivity contribution in [3.63, 3.8) is 0 Å². The fourth-order valence-corrected chi connectivity index (χ4v) is 3.14. The number of nitrogens with zero attached hydrogens (tertiary/aromatic N) is 2. The quantitative estimate of drug-likeness (QED) is 0.639. The summed E-state index contributed by atoms with van der Waals surface area (Å²) in [5, 5.41) is 12.1. The fraction of sp³-hybridized carbons (Fsp3) is 0.190. The molecule has 3 rings (SSSR count). The Morgan fingerprint density at radius 1 is 1.04 bits per heavy atom. The SMILES string of the molecule is COc1ccccc1NC(=O)CSc1ccc(-c2ccc(C)c(C)c2)nn1. The third-order valence-corrected chi connectivity index (χ3v) is 5.09. The van der Waals surface area contributed by atoms with E-state index in [1.165, 1.54) is 22.9 Å². The molecular weight excluding hydrogens is 358 g/mol. The number of thioether (sulfide) groups is 1. The lowest BCUT2D eigenvalue weighted by Crippen LogP contribution is -2.14. The van der Waals surface area contributed by atoms with E-state index in [1.807, 2.05) is 30.3 Å². The molecule has 0 bridgehead atoms. The third kappa shape index (κ3) is 4.86. The van der Waals surface area contributed by atoms with Crippen molar-refractivity contribution in [2.24, 2.45) is 0 Å². The number of benzene rings is 2. The number of hydrogen-bond donors (Lipinski definition) is 1. The first-order valence-corrected chi connectivity index (χ1v) is 9.52. The number of rotatable bonds is 6. The largest absolute Gasteiger partial charge is 0.495 e. The van der Waals surface area contributed by atoms with E-state index < -0.39 is 0 Å². The summed E-state index contributed by atoms with van der Waals surface area (Å²) >= 11 is 1.34. The van der Waals surface area contributed by atoms with Gasteiger partial charge in [-0.2, -0.15) is 0 Å². The maximum atomic E-state index is 12.2. The van der Waals surface area contributed by atoms with E-state index in [-0.39, 0.29) is 11.7 Å². The number of methoxy groups -OCH3 is 1. The Morgan fingerprint density at radius 2 is 1.85 bits per heavy atom. The molecule has 0 atom stereocenters. The van der Waals surface area contributed by atoms with Crippen LogP contribution in [0.1, 0.15) is 11.1 Å². The number of aryl methyl sites for hydroxylation is 2. The van der Waals surface area contributed by atoms with E-state index in [9.17, 15) is 4.79 Å². The van der Waals surface area contributed by atoms with Crippen LogP contribution >= 0.6 is 11.8 Å². The van der Waals surface area contributed by atoms with Gasteiger partial charge in [0.05, 0.1) is 24.2 Å². The molecule has 0 saturated carbocycles. The molecule has 0 unspecified atom stereocenters. The monoisotopic (exact) mass is 379 g/mol. The molecule has 0 saturated heterocycles. The Kier molecular flexibility index (Phi) is 6.08. The van der Waals surface area contributed by atoms with Crippen LogP contribution < -0.4 is 10.1 Å². The Labute approximate surface area is 163 Å². The average Bonchev–Trinajstić information content (AvgIpc) is 2.69. The third-order valence-electron chi connectivity index (χ3n) is 4.17. The second kappa shape index (κ2) is 8.68. The zero-order chi connectivity index (χ0) is 19.2. The van der Waals surface area contributed by atoms with E-state index in [4.69, 9.17) is 4.74 Å². The van der Waals surface area contributed by atoms with E-state index in [2.05, 4.69) is 41.5 Å². The van der Waals surface area contributed by atoms with Gasteiger partial charge in [0.15, 0.2) is 0 Å². The summed E-state index contributed by atoms with van der Waals surface area (Å²) in [7, 11) is 1.58. The lowest BCUT2D eigenvalue weighted by atomic mass is 10.0. The summed E-state index contributed by atoms with van der Waals surface area (Å²) in [6, 6.07) is 17.4. The molecule has 1 N–H and O–H groups in total. The topological polar surface area (TPSA) is 64.1 Å². The zero-order valence-electron chi connectivity index (χ0n) is 15.5. The van der Waals surface area contributed by atoms with Gasteiger partial charge in [0.25, 0.3) is 0 Å². The number of amides is 1. The maximum Gasteiger partial charge on any atom is 0.234 e. The Morgan fingerprint density at radius 3 is 2.56 bits per heavy atom. The summed E-state index contributed by atoms with van der Waals surface area (Å²) in [5.41, 5.74) is 4.99. The van der Waals surface area contributed by atoms with Crippen LogP contribution in [0.4, 0.5) is 5.69 Å². The summed E-state index contributed by atoms with van der Waals surface area (Å²) in [5.74, 6) is 0.758. The summed E-state index contributed by atoms with van der Waals surface area (Å²) in [4.78, 5) is 12.2. The molecular formula is C21H21N3O2S. The first-order valence-electron chi connectivity index (χ1n) is 8.54. The first-order chi connectivity index (χ1) is 13.1. The molecule has 1 amide bonds. The highest BCUT2D eigenvalue weighted by atomic mass is 32.2. The van der Waals surface area contributed by atoms with Crippen LogP contribution in [0.3, 0.4) is 0 Å². The van der Waals surface area contributed by atoms with Gasteiger partial charge in [-0.15, -0.1) is 10.2 Å². The minimum Gasteiger partial charge on any atom is -0.495 e. The number of carbonyl (C=O) groups is 1. The smallest absolute Gasteiger partial charge is 0.234 e. The van der Waals surface area contributed by atoms with E-state index in [1.54, 1.807) is 19.2 Å². The second-order valence-corrected chi connectivity index (χ2v) is 7.09. The highest BCUT2D eigenvalue weighted by Crippen LogP contribution is 2.24. The minimum absolute atomic E-state index is 0.121. The number of ether oxygens (including phenoxy) is 1. The molecule has 0 aliphatic rings. The first kappa shape index (κ1) is 18.9. The molecule has 0 aliphatic heterocycles. The standard InChI is InChI=1S/C21H21N3O2S/c1-14-8-9-16(12-15(14)2)17-10-11-21(24-23-17)27-13-20(25)22-18-6-4-5-7-19(18)26-3/h4-12H,13H2,1-3H3,(H,22,25). The van der Waals surface area contributed by atoms with Crippen LogP contribution in [0.15, 0.2) is 59.6 Å². The molecule has 1 heterocycles. The zero-order valence-corrected chi connectivity index (χ0v) is 16.3. The molecule has 27 heavy (non-hydrogen) atoms. The fourth-order valence-electron chi connectivity index (χ4n) is 2.53. The van der Waals surface area contributed by atoms with Crippen molar-refractivity contribution in [2.45, 2.75) is 18.9 Å². The van der Waals surface area contributed by atoms with Crippen LogP contribution in [-0.4, -0.2) is 29.0 Å². The predicted octanol–water partition coefficient (Wildman–Crippen LogP) is 4.50. The van der Waals surface area contributed by atoms with E-state index in [0.717, 1.165) is 11.3 Å². The van der Waals surface area contributed by atoms with Crippen LogP contribution in [0.5, 0.6) is 5.75 Å². The molecule has 0 radical (unpaired) electrons. The average molecular weight is 379 g/mol. The molecule has 0 spiro atoms. The molecule has 1 aromatic heterocycles. The lowest BCUT2D eigenvalue weighted by molar-refractivity contribution is -0.113.